The minimum absolute atomic E-state index is 0.331. The first-order valence-corrected chi connectivity index (χ1v) is 8.11. The maximum Gasteiger partial charge on any atom is 0.249 e. The molecule has 0 unspecified atom stereocenters. The zero-order chi connectivity index (χ0) is 16.6. The minimum atomic E-state index is 0.331. The van der Waals surface area contributed by atoms with Gasteiger partial charge in [-0.3, -0.25) is 0 Å². The zero-order valence-electron chi connectivity index (χ0n) is 13.5. The molecule has 2 heterocycles. The Bertz CT molecular complexity index is 861. The van der Waals surface area contributed by atoms with Crippen LogP contribution in [0.1, 0.15) is 31.0 Å². The third kappa shape index (κ3) is 2.73. The van der Waals surface area contributed by atoms with Gasteiger partial charge in [-0.15, -0.1) is 11.3 Å². The summed E-state index contributed by atoms with van der Waals surface area (Å²) in [6.45, 7) is 6.15. The topological polar surface area (TPSA) is 83.2 Å². The van der Waals surface area contributed by atoms with Crippen molar-refractivity contribution in [2.75, 3.05) is 7.11 Å². The fourth-order valence-corrected chi connectivity index (χ4v) is 3.26. The molecule has 0 amide bonds. The van der Waals surface area contributed by atoms with Gasteiger partial charge < -0.3 is 9.57 Å². The number of thiazole rings is 1. The summed E-state index contributed by atoms with van der Waals surface area (Å²) in [7, 11) is 1.63. The molecule has 0 saturated heterocycles. The summed E-state index contributed by atoms with van der Waals surface area (Å²) >= 11 is 1.51. The van der Waals surface area contributed by atoms with Gasteiger partial charge in [0.05, 0.1) is 23.7 Å². The van der Waals surface area contributed by atoms with Crippen molar-refractivity contribution in [1.82, 2.24) is 15.0 Å². The molecular formula is C16H18N4O2S. The highest BCUT2D eigenvalue weighted by atomic mass is 32.1. The van der Waals surface area contributed by atoms with Crippen molar-refractivity contribution >= 4 is 22.2 Å². The van der Waals surface area contributed by atoms with E-state index >= 15 is 0 Å². The largest absolute Gasteiger partial charge is 0.496 e. The molecule has 0 atom stereocenters. The van der Waals surface area contributed by atoms with Gasteiger partial charge in [-0.1, -0.05) is 13.8 Å². The Morgan fingerprint density at radius 3 is 2.57 bits per heavy atom. The summed E-state index contributed by atoms with van der Waals surface area (Å²) in [5.41, 5.74) is 2.68. The summed E-state index contributed by atoms with van der Waals surface area (Å²) in [6.07, 6.45) is 0. The summed E-state index contributed by atoms with van der Waals surface area (Å²) < 4.78 is 5.36. The van der Waals surface area contributed by atoms with Gasteiger partial charge in [-0.2, -0.15) is 10.9 Å². The van der Waals surface area contributed by atoms with E-state index < -0.39 is 0 Å². The van der Waals surface area contributed by atoms with Crippen molar-refractivity contribution < 1.29 is 9.57 Å². The van der Waals surface area contributed by atoms with E-state index in [0.29, 0.717) is 17.6 Å². The second-order valence-corrected chi connectivity index (χ2v) is 6.35. The van der Waals surface area contributed by atoms with Gasteiger partial charge in [0.15, 0.2) is 10.8 Å². The number of aryl methyl sites for hydroxylation is 1. The van der Waals surface area contributed by atoms with E-state index in [2.05, 4.69) is 28.8 Å². The molecule has 0 aliphatic carbocycles. The van der Waals surface area contributed by atoms with Gasteiger partial charge >= 0.3 is 0 Å². The molecule has 0 radical (unpaired) electrons. The van der Waals surface area contributed by atoms with Crippen molar-refractivity contribution in [1.29, 1.82) is 0 Å². The smallest absolute Gasteiger partial charge is 0.249 e. The van der Waals surface area contributed by atoms with Crippen LogP contribution >= 0.6 is 11.3 Å². The second kappa shape index (κ2) is 6.10. The number of hydrogen-bond donors (Lipinski definition) is 1. The number of hydrogen-bond acceptors (Lipinski definition) is 7. The van der Waals surface area contributed by atoms with E-state index in [1.165, 1.54) is 11.3 Å². The molecule has 6 nitrogen and oxygen atoms in total. The number of methoxy groups -OCH3 is 1. The first-order valence-electron chi connectivity index (χ1n) is 7.23. The average molecular weight is 330 g/mol. The van der Waals surface area contributed by atoms with Crippen molar-refractivity contribution in [3.05, 3.63) is 28.8 Å². The van der Waals surface area contributed by atoms with Gasteiger partial charge in [0, 0.05) is 10.9 Å². The number of nitrogens with zero attached hydrogens (tertiary/aromatic N) is 3. The van der Waals surface area contributed by atoms with E-state index in [0.717, 1.165) is 32.9 Å². The van der Waals surface area contributed by atoms with Gasteiger partial charge in [0.25, 0.3) is 0 Å². The standard InChI is InChI=1S/C16H18N4O2S/c1-8(2)11-7-23-16(18-11)14-19-13-9(3)12(21-4)6-5-10(13)15(20-14)22-17/h5-8H,17H2,1-4H3. The molecule has 120 valence electrons. The van der Waals surface area contributed by atoms with E-state index in [1.54, 1.807) is 7.11 Å². The van der Waals surface area contributed by atoms with Crippen LogP contribution in [0, 0.1) is 6.92 Å². The number of fused-ring (bicyclic) bond motifs is 1. The third-order valence-electron chi connectivity index (χ3n) is 3.67. The number of nitrogens with two attached hydrogens (primary N) is 1. The lowest BCUT2D eigenvalue weighted by atomic mass is 10.1. The van der Waals surface area contributed by atoms with Crippen molar-refractivity contribution in [3.63, 3.8) is 0 Å². The van der Waals surface area contributed by atoms with Gasteiger partial charge in [0.1, 0.15) is 5.75 Å². The SMILES string of the molecule is COc1ccc2c(ON)nc(-c3nc(C(C)C)cs3)nc2c1C. The van der Waals surface area contributed by atoms with Crippen LogP contribution < -0.4 is 15.5 Å². The molecular weight excluding hydrogens is 312 g/mol. The molecule has 0 spiro atoms. The Kier molecular flexibility index (Phi) is 4.14. The fraction of sp³-hybridized carbons (Fsp3) is 0.312. The highest BCUT2D eigenvalue weighted by molar-refractivity contribution is 7.13. The van der Waals surface area contributed by atoms with Crippen LogP contribution in [0.5, 0.6) is 11.6 Å². The molecule has 0 fully saturated rings. The van der Waals surface area contributed by atoms with E-state index in [9.17, 15) is 0 Å². The highest BCUT2D eigenvalue weighted by Crippen LogP contribution is 2.33. The molecule has 7 heteroatoms. The van der Waals surface area contributed by atoms with Crippen LogP contribution in [0.3, 0.4) is 0 Å². The summed E-state index contributed by atoms with van der Waals surface area (Å²) in [4.78, 5) is 18.6. The average Bonchev–Trinajstić information content (AvgIpc) is 3.05. The number of benzene rings is 1. The minimum Gasteiger partial charge on any atom is -0.496 e. The monoisotopic (exact) mass is 330 g/mol. The Hall–Kier alpha value is -2.25. The Balaban J connectivity index is 2.23. The molecule has 0 bridgehead atoms. The first kappa shape index (κ1) is 15.6. The lowest BCUT2D eigenvalue weighted by Gasteiger charge is -2.10. The first-order chi connectivity index (χ1) is 11.0. The van der Waals surface area contributed by atoms with Gasteiger partial charge in [0.2, 0.25) is 5.88 Å². The number of aromatic nitrogens is 3. The maximum atomic E-state index is 5.40. The van der Waals surface area contributed by atoms with Crippen LogP contribution in [0.4, 0.5) is 0 Å². The lowest BCUT2D eigenvalue weighted by molar-refractivity contribution is 0.325. The normalized spacial score (nSPS) is 11.2. The molecule has 3 aromatic rings. The van der Waals surface area contributed by atoms with Crippen LogP contribution in [-0.4, -0.2) is 22.1 Å². The molecule has 0 aliphatic rings. The van der Waals surface area contributed by atoms with Crippen molar-refractivity contribution in [2.24, 2.45) is 5.90 Å². The molecule has 1 aromatic carbocycles. The summed E-state index contributed by atoms with van der Waals surface area (Å²) in [5.74, 6) is 7.35. The molecule has 3 rings (SSSR count). The van der Waals surface area contributed by atoms with Gasteiger partial charge in [-0.25, -0.2) is 9.97 Å². The number of ether oxygens (including phenoxy) is 1. The fourth-order valence-electron chi connectivity index (χ4n) is 2.35. The van der Waals surface area contributed by atoms with Crippen molar-refractivity contribution in [3.8, 4) is 22.5 Å². The molecule has 2 N–H and O–H groups in total. The Morgan fingerprint density at radius 1 is 1.17 bits per heavy atom. The quantitative estimate of drug-likeness (QED) is 0.738. The molecule has 23 heavy (non-hydrogen) atoms. The van der Waals surface area contributed by atoms with Crippen molar-refractivity contribution in [2.45, 2.75) is 26.7 Å². The summed E-state index contributed by atoms with van der Waals surface area (Å²) in [6, 6.07) is 3.69. The Morgan fingerprint density at radius 2 is 1.96 bits per heavy atom. The predicted molar refractivity (Wildman–Crippen MR) is 90.8 cm³/mol. The highest BCUT2D eigenvalue weighted by Gasteiger charge is 2.17. The van der Waals surface area contributed by atoms with Crippen LogP contribution in [0.15, 0.2) is 17.5 Å². The zero-order valence-corrected chi connectivity index (χ0v) is 14.3. The van der Waals surface area contributed by atoms with E-state index in [-0.39, 0.29) is 0 Å². The lowest BCUT2D eigenvalue weighted by Crippen LogP contribution is -2.06. The van der Waals surface area contributed by atoms with Crippen LogP contribution in [0.25, 0.3) is 21.7 Å². The van der Waals surface area contributed by atoms with Crippen LogP contribution in [0.2, 0.25) is 0 Å². The predicted octanol–water partition coefficient (Wildman–Crippen LogP) is 3.45. The molecule has 2 aromatic heterocycles. The Labute approximate surface area is 138 Å². The van der Waals surface area contributed by atoms with Crippen LogP contribution in [-0.2, 0) is 0 Å². The van der Waals surface area contributed by atoms with E-state index in [4.69, 9.17) is 15.5 Å². The van der Waals surface area contributed by atoms with Gasteiger partial charge in [-0.05, 0) is 25.0 Å². The number of rotatable bonds is 4. The molecule has 0 aliphatic heterocycles. The maximum absolute atomic E-state index is 5.40. The third-order valence-corrected chi connectivity index (χ3v) is 4.53. The summed E-state index contributed by atoms with van der Waals surface area (Å²) in [5, 5.41) is 3.51. The van der Waals surface area contributed by atoms with E-state index in [1.807, 2.05) is 24.4 Å². The second-order valence-electron chi connectivity index (χ2n) is 5.49. The molecule has 0 saturated carbocycles.